The first-order valence-electron chi connectivity index (χ1n) is 2.87. The highest BCUT2D eigenvalue weighted by molar-refractivity contribution is 7.28. The van der Waals surface area contributed by atoms with Crippen molar-refractivity contribution in [1.29, 1.82) is 0 Å². The van der Waals surface area contributed by atoms with Crippen LogP contribution >= 0.6 is 9.24 Å². The van der Waals surface area contributed by atoms with Crippen LogP contribution in [0.2, 0.25) is 0 Å². The lowest BCUT2D eigenvalue weighted by atomic mass is 10.3. The van der Waals surface area contributed by atoms with E-state index >= 15 is 0 Å². The standard InChI is InChI=1S/C7H9O2P/c1-9-6-4-2-3-5(8)7(6)10/h2-4,8H,10H2,1H3. The van der Waals surface area contributed by atoms with Crippen LogP contribution in [0.1, 0.15) is 0 Å². The van der Waals surface area contributed by atoms with Crippen molar-refractivity contribution in [3.63, 3.8) is 0 Å². The number of phenolic OH excluding ortho intramolecular Hbond substituents is 1. The van der Waals surface area contributed by atoms with Gasteiger partial charge in [0.2, 0.25) is 0 Å². The molecule has 54 valence electrons. The molecule has 1 rings (SSSR count). The SMILES string of the molecule is COc1cccc(O)c1P. The number of phenols is 1. The van der Waals surface area contributed by atoms with E-state index in [0.717, 1.165) is 0 Å². The van der Waals surface area contributed by atoms with Crippen LogP contribution in [0.4, 0.5) is 0 Å². The van der Waals surface area contributed by atoms with Crippen molar-refractivity contribution in [1.82, 2.24) is 0 Å². The fraction of sp³-hybridized carbons (Fsp3) is 0.143. The normalized spacial score (nSPS) is 9.40. The number of benzene rings is 1. The molecule has 0 bridgehead atoms. The molecule has 0 aliphatic rings. The average molecular weight is 156 g/mol. The zero-order chi connectivity index (χ0) is 7.56. The summed E-state index contributed by atoms with van der Waals surface area (Å²) >= 11 is 0. The molecule has 0 saturated heterocycles. The van der Waals surface area contributed by atoms with Crippen LogP contribution in [0.15, 0.2) is 18.2 Å². The highest BCUT2D eigenvalue weighted by atomic mass is 31.0. The number of ether oxygens (including phenoxy) is 1. The van der Waals surface area contributed by atoms with Gasteiger partial charge in [0.1, 0.15) is 11.5 Å². The van der Waals surface area contributed by atoms with Gasteiger partial charge in [-0.2, -0.15) is 0 Å². The first kappa shape index (κ1) is 7.36. The molecule has 10 heavy (non-hydrogen) atoms. The maximum atomic E-state index is 9.13. The van der Waals surface area contributed by atoms with Crippen molar-refractivity contribution < 1.29 is 9.84 Å². The van der Waals surface area contributed by atoms with Crippen molar-refractivity contribution in [3.05, 3.63) is 18.2 Å². The number of hydrogen-bond donors (Lipinski definition) is 1. The second kappa shape index (κ2) is 2.89. The summed E-state index contributed by atoms with van der Waals surface area (Å²) < 4.78 is 4.94. The summed E-state index contributed by atoms with van der Waals surface area (Å²) in [6.45, 7) is 0. The third-order valence-corrected chi connectivity index (χ3v) is 1.84. The lowest BCUT2D eigenvalue weighted by molar-refractivity contribution is 0.413. The topological polar surface area (TPSA) is 29.5 Å². The number of hydrogen-bond acceptors (Lipinski definition) is 2. The molecule has 0 radical (unpaired) electrons. The van der Waals surface area contributed by atoms with Gasteiger partial charge in [0, 0.05) is 0 Å². The summed E-state index contributed by atoms with van der Waals surface area (Å²) in [6.07, 6.45) is 0. The maximum absolute atomic E-state index is 9.13. The minimum absolute atomic E-state index is 0.240. The van der Waals surface area contributed by atoms with E-state index in [9.17, 15) is 0 Å². The van der Waals surface area contributed by atoms with E-state index in [1.54, 1.807) is 25.3 Å². The van der Waals surface area contributed by atoms with Crippen LogP contribution in [0.25, 0.3) is 0 Å². The third-order valence-electron chi connectivity index (χ3n) is 1.26. The predicted octanol–water partition coefficient (Wildman–Crippen LogP) is 0.901. The van der Waals surface area contributed by atoms with E-state index in [1.807, 2.05) is 0 Å². The largest absolute Gasteiger partial charge is 0.507 e. The minimum Gasteiger partial charge on any atom is -0.507 e. The van der Waals surface area contributed by atoms with Gasteiger partial charge < -0.3 is 9.84 Å². The van der Waals surface area contributed by atoms with E-state index in [1.165, 1.54) is 0 Å². The van der Waals surface area contributed by atoms with Crippen molar-refractivity contribution in [2.45, 2.75) is 0 Å². The van der Waals surface area contributed by atoms with E-state index in [2.05, 4.69) is 9.24 Å². The molecule has 1 unspecified atom stereocenters. The number of methoxy groups -OCH3 is 1. The van der Waals surface area contributed by atoms with Crippen LogP contribution in [-0.2, 0) is 0 Å². The van der Waals surface area contributed by atoms with E-state index in [4.69, 9.17) is 9.84 Å². The van der Waals surface area contributed by atoms with E-state index in [-0.39, 0.29) is 5.75 Å². The third kappa shape index (κ3) is 1.22. The van der Waals surface area contributed by atoms with Gasteiger partial charge in [-0.3, -0.25) is 0 Å². The number of rotatable bonds is 1. The van der Waals surface area contributed by atoms with Gasteiger partial charge in [0.15, 0.2) is 0 Å². The molecule has 0 fully saturated rings. The smallest absolute Gasteiger partial charge is 0.129 e. The molecule has 0 aliphatic carbocycles. The fourth-order valence-corrected chi connectivity index (χ4v) is 1.02. The lowest BCUT2D eigenvalue weighted by Gasteiger charge is -2.03. The Kier molecular flexibility index (Phi) is 2.13. The second-order valence-corrected chi connectivity index (χ2v) is 2.47. The second-order valence-electron chi connectivity index (χ2n) is 1.89. The zero-order valence-electron chi connectivity index (χ0n) is 5.66. The van der Waals surface area contributed by atoms with Gasteiger partial charge in [-0.25, -0.2) is 0 Å². The number of aromatic hydroxyl groups is 1. The highest BCUT2D eigenvalue weighted by Gasteiger charge is 2.00. The summed E-state index contributed by atoms with van der Waals surface area (Å²) in [6, 6.07) is 5.15. The van der Waals surface area contributed by atoms with Crippen molar-refractivity contribution in [2.75, 3.05) is 7.11 Å². The van der Waals surface area contributed by atoms with Gasteiger partial charge in [-0.05, 0) is 12.1 Å². The van der Waals surface area contributed by atoms with Crippen LogP contribution in [-0.4, -0.2) is 12.2 Å². The van der Waals surface area contributed by atoms with E-state index < -0.39 is 0 Å². The first-order chi connectivity index (χ1) is 4.75. The summed E-state index contributed by atoms with van der Waals surface area (Å²) in [5, 5.41) is 9.83. The first-order valence-corrected chi connectivity index (χ1v) is 3.45. The quantitative estimate of drug-likeness (QED) is 0.612. The molecule has 0 aromatic heterocycles. The van der Waals surface area contributed by atoms with E-state index in [0.29, 0.717) is 11.1 Å². The minimum atomic E-state index is 0.240. The predicted molar refractivity (Wildman–Crippen MR) is 44.0 cm³/mol. The molecule has 0 amide bonds. The van der Waals surface area contributed by atoms with Gasteiger partial charge in [-0.1, -0.05) is 15.3 Å². The Morgan fingerprint density at radius 3 is 2.70 bits per heavy atom. The average Bonchev–Trinajstić information content (AvgIpc) is 1.95. The van der Waals surface area contributed by atoms with Crippen LogP contribution in [0, 0.1) is 0 Å². The fourth-order valence-electron chi connectivity index (χ4n) is 0.710. The lowest BCUT2D eigenvalue weighted by Crippen LogP contribution is -1.97. The molecule has 0 aliphatic heterocycles. The Balaban J connectivity index is 3.14. The molecular formula is C7H9O2P. The van der Waals surface area contributed by atoms with Gasteiger partial charge in [0.05, 0.1) is 12.4 Å². The Morgan fingerprint density at radius 1 is 1.50 bits per heavy atom. The van der Waals surface area contributed by atoms with Crippen molar-refractivity contribution in [3.8, 4) is 11.5 Å². The van der Waals surface area contributed by atoms with Crippen LogP contribution < -0.4 is 10.0 Å². The summed E-state index contributed by atoms with van der Waals surface area (Å²) in [5.74, 6) is 0.925. The molecule has 1 aromatic carbocycles. The highest BCUT2D eigenvalue weighted by Crippen LogP contribution is 2.17. The summed E-state index contributed by atoms with van der Waals surface area (Å²) in [7, 11) is 3.99. The molecule has 1 aromatic rings. The van der Waals surface area contributed by atoms with Gasteiger partial charge in [0.25, 0.3) is 0 Å². The van der Waals surface area contributed by atoms with Gasteiger partial charge in [-0.15, -0.1) is 0 Å². The molecule has 1 N–H and O–H groups in total. The Bertz CT molecular complexity index is 235. The molecule has 0 spiro atoms. The Hall–Kier alpha value is -0.750. The molecule has 1 atom stereocenters. The zero-order valence-corrected chi connectivity index (χ0v) is 6.82. The monoisotopic (exact) mass is 156 g/mol. The Labute approximate surface area is 62.0 Å². The van der Waals surface area contributed by atoms with Crippen molar-refractivity contribution >= 4 is 14.5 Å². The maximum Gasteiger partial charge on any atom is 0.129 e. The molecule has 0 heterocycles. The summed E-state index contributed by atoms with van der Waals surface area (Å²) in [5.41, 5.74) is 0. The van der Waals surface area contributed by atoms with Crippen molar-refractivity contribution in [2.24, 2.45) is 0 Å². The Morgan fingerprint density at radius 2 is 2.20 bits per heavy atom. The molecular weight excluding hydrogens is 147 g/mol. The molecule has 2 nitrogen and oxygen atoms in total. The van der Waals surface area contributed by atoms with Crippen LogP contribution in [0.5, 0.6) is 11.5 Å². The summed E-state index contributed by atoms with van der Waals surface area (Å²) in [4.78, 5) is 0. The van der Waals surface area contributed by atoms with Gasteiger partial charge >= 0.3 is 0 Å². The van der Waals surface area contributed by atoms with Crippen LogP contribution in [0.3, 0.4) is 0 Å². The molecule has 3 heteroatoms. The molecule has 0 saturated carbocycles.